The summed E-state index contributed by atoms with van der Waals surface area (Å²) in [4.78, 5) is 27.2. The molecule has 31 heavy (non-hydrogen) atoms. The molecule has 0 spiro atoms. The number of nitrogens with one attached hydrogen (secondary N) is 1. The number of amides is 1. The Kier molecular flexibility index (Phi) is 6.04. The van der Waals surface area contributed by atoms with Gasteiger partial charge in [0.2, 0.25) is 5.91 Å². The highest BCUT2D eigenvalue weighted by atomic mass is 35.5. The third-order valence-corrected chi connectivity index (χ3v) is 5.67. The molecule has 8 heteroatoms. The van der Waals surface area contributed by atoms with Gasteiger partial charge < -0.3 is 10.2 Å². The molecule has 1 N–H and O–H groups in total. The SMILES string of the molecule is Cc1ccc(Cl)cc1NC(=O)[C@@H]1CCCN(c2ccc(=O)n(-c3ccc(F)cc3)n2)C1. The summed E-state index contributed by atoms with van der Waals surface area (Å²) in [6, 6.07) is 14.1. The normalized spacial score (nSPS) is 16.2. The molecule has 2 heterocycles. The summed E-state index contributed by atoms with van der Waals surface area (Å²) in [6.45, 7) is 3.14. The van der Waals surface area contributed by atoms with Gasteiger partial charge in [0, 0.05) is 29.9 Å². The van der Waals surface area contributed by atoms with Gasteiger partial charge in [-0.25, -0.2) is 4.39 Å². The van der Waals surface area contributed by atoms with Crippen molar-refractivity contribution in [3.63, 3.8) is 0 Å². The van der Waals surface area contributed by atoms with Crippen molar-refractivity contribution in [2.45, 2.75) is 19.8 Å². The van der Waals surface area contributed by atoms with Crippen LogP contribution >= 0.6 is 11.6 Å². The minimum atomic E-state index is -0.382. The fourth-order valence-electron chi connectivity index (χ4n) is 3.70. The van der Waals surface area contributed by atoms with Crippen LogP contribution in [0.25, 0.3) is 5.69 Å². The highest BCUT2D eigenvalue weighted by Gasteiger charge is 2.27. The van der Waals surface area contributed by atoms with E-state index in [1.807, 2.05) is 17.9 Å². The maximum Gasteiger partial charge on any atom is 0.271 e. The van der Waals surface area contributed by atoms with E-state index in [9.17, 15) is 14.0 Å². The first kappa shape index (κ1) is 21.1. The number of anilines is 2. The van der Waals surface area contributed by atoms with Crippen molar-refractivity contribution in [2.24, 2.45) is 5.92 Å². The Hall–Kier alpha value is -3.19. The molecular weight excluding hydrogens is 419 g/mol. The molecule has 1 amide bonds. The number of aryl methyl sites for hydroxylation is 1. The van der Waals surface area contributed by atoms with E-state index in [1.165, 1.54) is 35.0 Å². The van der Waals surface area contributed by atoms with Crippen molar-refractivity contribution in [1.29, 1.82) is 0 Å². The lowest BCUT2D eigenvalue weighted by Crippen LogP contribution is -2.41. The summed E-state index contributed by atoms with van der Waals surface area (Å²) in [5.74, 6) is -0.0739. The summed E-state index contributed by atoms with van der Waals surface area (Å²) in [5.41, 5.74) is 1.82. The number of carbonyl (C=O) groups is 1. The van der Waals surface area contributed by atoms with Crippen molar-refractivity contribution in [2.75, 3.05) is 23.3 Å². The summed E-state index contributed by atoms with van der Waals surface area (Å²) < 4.78 is 14.5. The molecule has 1 saturated heterocycles. The van der Waals surface area contributed by atoms with E-state index in [0.717, 1.165) is 24.9 Å². The lowest BCUT2D eigenvalue weighted by atomic mass is 9.97. The van der Waals surface area contributed by atoms with E-state index >= 15 is 0 Å². The zero-order valence-corrected chi connectivity index (χ0v) is 17.8. The first-order valence-corrected chi connectivity index (χ1v) is 10.5. The van der Waals surface area contributed by atoms with Crippen LogP contribution in [0.15, 0.2) is 59.4 Å². The van der Waals surface area contributed by atoms with Crippen LogP contribution in [0.5, 0.6) is 0 Å². The lowest BCUT2D eigenvalue weighted by molar-refractivity contribution is -0.120. The van der Waals surface area contributed by atoms with Gasteiger partial charge in [-0.05, 0) is 67.8 Å². The number of rotatable bonds is 4. The molecule has 0 radical (unpaired) electrons. The number of hydrogen-bond acceptors (Lipinski definition) is 4. The molecule has 0 bridgehead atoms. The largest absolute Gasteiger partial charge is 0.354 e. The summed E-state index contributed by atoms with van der Waals surface area (Å²) in [5, 5.41) is 8.01. The molecule has 1 aromatic heterocycles. The Balaban J connectivity index is 1.52. The van der Waals surface area contributed by atoms with Gasteiger partial charge >= 0.3 is 0 Å². The molecule has 4 rings (SSSR count). The number of benzene rings is 2. The second-order valence-corrected chi connectivity index (χ2v) is 8.09. The number of halogens is 2. The second kappa shape index (κ2) is 8.89. The molecule has 1 aliphatic heterocycles. The van der Waals surface area contributed by atoms with Gasteiger partial charge in [0.15, 0.2) is 0 Å². The van der Waals surface area contributed by atoms with E-state index in [-0.39, 0.29) is 23.2 Å². The molecule has 1 fully saturated rings. The Bertz CT molecular complexity index is 1160. The molecule has 0 aliphatic carbocycles. The molecule has 160 valence electrons. The maximum absolute atomic E-state index is 13.2. The van der Waals surface area contributed by atoms with E-state index in [2.05, 4.69) is 10.4 Å². The Morgan fingerprint density at radius 1 is 1.16 bits per heavy atom. The van der Waals surface area contributed by atoms with Crippen LogP contribution in [-0.2, 0) is 4.79 Å². The fraction of sp³-hybridized carbons (Fsp3) is 0.261. The van der Waals surface area contributed by atoms with Crippen LogP contribution in [0.2, 0.25) is 5.02 Å². The highest BCUT2D eigenvalue weighted by molar-refractivity contribution is 6.31. The molecule has 3 aromatic rings. The van der Waals surface area contributed by atoms with E-state index in [4.69, 9.17) is 11.6 Å². The average Bonchev–Trinajstić information content (AvgIpc) is 2.77. The first-order chi connectivity index (χ1) is 14.9. The predicted octanol–water partition coefficient (Wildman–Crippen LogP) is 4.19. The van der Waals surface area contributed by atoms with Gasteiger partial charge in [-0.1, -0.05) is 17.7 Å². The molecule has 2 aromatic carbocycles. The van der Waals surface area contributed by atoms with Crippen LogP contribution in [0.3, 0.4) is 0 Å². The van der Waals surface area contributed by atoms with E-state index in [0.29, 0.717) is 28.8 Å². The van der Waals surface area contributed by atoms with Gasteiger partial charge in [-0.15, -0.1) is 5.10 Å². The van der Waals surface area contributed by atoms with Gasteiger partial charge in [0.05, 0.1) is 11.6 Å². The number of nitrogens with zero attached hydrogens (tertiary/aromatic N) is 3. The molecule has 0 unspecified atom stereocenters. The van der Waals surface area contributed by atoms with Crippen molar-refractivity contribution < 1.29 is 9.18 Å². The summed E-state index contributed by atoms with van der Waals surface area (Å²) in [7, 11) is 0. The van der Waals surface area contributed by atoms with Crippen molar-refractivity contribution in [3.05, 3.63) is 81.4 Å². The van der Waals surface area contributed by atoms with Crippen molar-refractivity contribution in [1.82, 2.24) is 9.78 Å². The fourth-order valence-corrected chi connectivity index (χ4v) is 3.87. The monoisotopic (exact) mass is 440 g/mol. The highest BCUT2D eigenvalue weighted by Crippen LogP contribution is 2.25. The Labute approximate surface area is 184 Å². The smallest absolute Gasteiger partial charge is 0.271 e. The Morgan fingerprint density at radius 2 is 1.94 bits per heavy atom. The van der Waals surface area contributed by atoms with E-state index < -0.39 is 0 Å². The topological polar surface area (TPSA) is 67.2 Å². The lowest BCUT2D eigenvalue weighted by Gasteiger charge is -2.33. The third kappa shape index (κ3) is 4.77. The number of piperidine rings is 1. The van der Waals surface area contributed by atoms with Crippen LogP contribution in [0.4, 0.5) is 15.9 Å². The minimum absolute atomic E-state index is 0.0677. The number of hydrogen-bond donors (Lipinski definition) is 1. The molecule has 6 nitrogen and oxygen atoms in total. The van der Waals surface area contributed by atoms with Gasteiger partial charge in [-0.2, -0.15) is 4.68 Å². The van der Waals surface area contributed by atoms with Gasteiger partial charge in [0.25, 0.3) is 5.56 Å². The van der Waals surface area contributed by atoms with Gasteiger partial charge in [-0.3, -0.25) is 9.59 Å². The van der Waals surface area contributed by atoms with Crippen LogP contribution in [0.1, 0.15) is 18.4 Å². The van der Waals surface area contributed by atoms with Crippen molar-refractivity contribution >= 4 is 29.0 Å². The molecule has 0 saturated carbocycles. The summed E-state index contributed by atoms with van der Waals surface area (Å²) in [6.07, 6.45) is 1.59. The second-order valence-electron chi connectivity index (χ2n) is 7.65. The van der Waals surface area contributed by atoms with Crippen LogP contribution in [0, 0.1) is 18.7 Å². The maximum atomic E-state index is 13.2. The zero-order valence-electron chi connectivity index (χ0n) is 17.0. The van der Waals surface area contributed by atoms with E-state index in [1.54, 1.807) is 18.2 Å². The minimum Gasteiger partial charge on any atom is -0.354 e. The third-order valence-electron chi connectivity index (χ3n) is 5.43. The predicted molar refractivity (Wildman–Crippen MR) is 120 cm³/mol. The van der Waals surface area contributed by atoms with Crippen molar-refractivity contribution in [3.8, 4) is 5.69 Å². The Morgan fingerprint density at radius 3 is 2.71 bits per heavy atom. The zero-order chi connectivity index (χ0) is 22.0. The quantitative estimate of drug-likeness (QED) is 0.660. The van der Waals surface area contributed by atoms with Gasteiger partial charge in [0.1, 0.15) is 11.6 Å². The molecular formula is C23H22ClFN4O2. The number of carbonyl (C=O) groups excluding carboxylic acids is 1. The van der Waals surface area contributed by atoms with Crippen LogP contribution in [-0.4, -0.2) is 28.8 Å². The first-order valence-electron chi connectivity index (χ1n) is 10.1. The average molecular weight is 441 g/mol. The van der Waals surface area contributed by atoms with Crippen LogP contribution < -0.4 is 15.8 Å². The molecule has 1 aliphatic rings. The summed E-state index contributed by atoms with van der Waals surface area (Å²) >= 11 is 6.06. The standard InChI is InChI=1S/C23H22ClFN4O2/c1-15-4-5-17(24)13-20(15)26-23(31)16-3-2-12-28(14-16)21-10-11-22(30)29(27-21)19-8-6-18(25)7-9-19/h4-11,13,16H,2-3,12,14H2,1H3,(H,26,31)/t16-/m1/s1. The molecule has 1 atom stereocenters. The number of aromatic nitrogens is 2.